The first-order valence-corrected chi connectivity index (χ1v) is 4.71. The molecule has 0 unspecified atom stereocenters. The molecule has 2 heterocycles. The molecule has 0 spiro atoms. The van der Waals surface area contributed by atoms with Crippen LogP contribution in [0.25, 0.3) is 0 Å². The van der Waals surface area contributed by atoms with E-state index in [1.54, 1.807) is 0 Å². The van der Waals surface area contributed by atoms with E-state index < -0.39 is 5.97 Å². The quantitative estimate of drug-likeness (QED) is 0.773. The molecule has 0 radical (unpaired) electrons. The summed E-state index contributed by atoms with van der Waals surface area (Å²) >= 11 is 0. The molecule has 0 amide bonds. The van der Waals surface area contributed by atoms with Crippen molar-refractivity contribution in [1.82, 2.24) is 4.98 Å². The van der Waals surface area contributed by atoms with Gasteiger partial charge in [0, 0.05) is 13.1 Å². The van der Waals surface area contributed by atoms with E-state index in [0.717, 1.165) is 25.9 Å². The van der Waals surface area contributed by atoms with Gasteiger partial charge in [-0.1, -0.05) is 0 Å². The number of piperidine rings is 1. The highest BCUT2D eigenvalue weighted by atomic mass is 16.4. The fourth-order valence-electron chi connectivity index (χ4n) is 1.62. The maximum absolute atomic E-state index is 10.5. The van der Waals surface area contributed by atoms with Crippen LogP contribution in [0.4, 0.5) is 5.88 Å². The predicted molar refractivity (Wildman–Crippen MR) is 49.5 cm³/mol. The molecule has 1 fully saturated rings. The van der Waals surface area contributed by atoms with Crippen molar-refractivity contribution in [3.05, 3.63) is 12.1 Å². The number of oxazole rings is 1. The molecule has 1 saturated heterocycles. The number of carboxylic acids is 1. The lowest BCUT2D eigenvalue weighted by Crippen LogP contribution is -2.28. The lowest BCUT2D eigenvalue weighted by Gasteiger charge is -2.25. The molecule has 1 aromatic rings. The van der Waals surface area contributed by atoms with Crippen molar-refractivity contribution < 1.29 is 14.3 Å². The highest BCUT2D eigenvalue weighted by Crippen LogP contribution is 2.20. The van der Waals surface area contributed by atoms with Gasteiger partial charge in [0.25, 0.3) is 0 Å². The molecule has 2 rings (SSSR count). The van der Waals surface area contributed by atoms with E-state index in [1.807, 2.05) is 4.90 Å². The second-order valence-corrected chi connectivity index (χ2v) is 3.36. The van der Waals surface area contributed by atoms with E-state index in [2.05, 4.69) is 4.98 Å². The molecule has 0 aliphatic carbocycles. The van der Waals surface area contributed by atoms with Crippen LogP contribution in [0.5, 0.6) is 0 Å². The van der Waals surface area contributed by atoms with Gasteiger partial charge in [-0.2, -0.15) is 0 Å². The van der Waals surface area contributed by atoms with Gasteiger partial charge in [0.05, 0.1) is 6.20 Å². The maximum Gasteiger partial charge on any atom is 0.392 e. The molecule has 76 valence electrons. The molecular formula is C9H12N2O3. The van der Waals surface area contributed by atoms with Gasteiger partial charge in [0.1, 0.15) is 0 Å². The Morgan fingerprint density at radius 1 is 1.43 bits per heavy atom. The summed E-state index contributed by atoms with van der Waals surface area (Å²) in [4.78, 5) is 16.2. The average molecular weight is 196 g/mol. The molecule has 0 saturated carbocycles. The number of hydrogen-bond donors (Lipinski definition) is 1. The number of carboxylic acid groups (broad SMARTS) is 1. The van der Waals surface area contributed by atoms with E-state index in [-0.39, 0.29) is 5.89 Å². The van der Waals surface area contributed by atoms with Crippen molar-refractivity contribution in [2.45, 2.75) is 19.3 Å². The second-order valence-electron chi connectivity index (χ2n) is 3.36. The molecule has 1 aliphatic heterocycles. The Kier molecular flexibility index (Phi) is 2.39. The van der Waals surface area contributed by atoms with E-state index in [9.17, 15) is 4.79 Å². The van der Waals surface area contributed by atoms with Crippen LogP contribution in [0.1, 0.15) is 29.9 Å². The number of carbonyl (C=O) groups is 1. The van der Waals surface area contributed by atoms with Crippen molar-refractivity contribution in [2.75, 3.05) is 18.0 Å². The SMILES string of the molecule is O=C(O)c1ncc(N2CCCCC2)o1. The lowest BCUT2D eigenvalue weighted by molar-refractivity contribution is 0.0654. The van der Waals surface area contributed by atoms with Crippen molar-refractivity contribution in [3.8, 4) is 0 Å². The standard InChI is InChI=1S/C9H12N2O3/c12-9(13)8-10-6-7(14-8)11-4-2-1-3-5-11/h6H,1-5H2,(H,12,13). The Morgan fingerprint density at radius 2 is 2.14 bits per heavy atom. The van der Waals surface area contributed by atoms with Gasteiger partial charge in [0.2, 0.25) is 5.88 Å². The Morgan fingerprint density at radius 3 is 2.71 bits per heavy atom. The third-order valence-corrected chi connectivity index (χ3v) is 2.34. The van der Waals surface area contributed by atoms with Crippen LogP contribution in [0.2, 0.25) is 0 Å². The molecule has 0 atom stereocenters. The zero-order valence-corrected chi connectivity index (χ0v) is 7.77. The summed E-state index contributed by atoms with van der Waals surface area (Å²) in [5, 5.41) is 8.62. The van der Waals surface area contributed by atoms with Gasteiger partial charge in [0.15, 0.2) is 0 Å². The minimum Gasteiger partial charge on any atom is -0.474 e. The van der Waals surface area contributed by atoms with E-state index in [0.29, 0.717) is 5.88 Å². The van der Waals surface area contributed by atoms with Crippen LogP contribution in [0.15, 0.2) is 10.6 Å². The number of anilines is 1. The molecule has 0 bridgehead atoms. The van der Waals surface area contributed by atoms with E-state index >= 15 is 0 Å². The summed E-state index contributed by atoms with van der Waals surface area (Å²) in [6, 6.07) is 0. The average Bonchev–Trinajstić information content (AvgIpc) is 2.68. The Labute approximate surface area is 81.3 Å². The van der Waals surface area contributed by atoms with Gasteiger partial charge < -0.3 is 14.4 Å². The Balaban J connectivity index is 2.11. The van der Waals surface area contributed by atoms with Gasteiger partial charge in [-0.25, -0.2) is 9.78 Å². The van der Waals surface area contributed by atoms with Crippen molar-refractivity contribution >= 4 is 11.9 Å². The highest BCUT2D eigenvalue weighted by Gasteiger charge is 2.17. The molecule has 5 heteroatoms. The van der Waals surface area contributed by atoms with Crippen molar-refractivity contribution in [3.63, 3.8) is 0 Å². The first-order valence-electron chi connectivity index (χ1n) is 4.71. The maximum atomic E-state index is 10.5. The highest BCUT2D eigenvalue weighted by molar-refractivity contribution is 5.82. The number of aromatic carboxylic acids is 1. The molecule has 0 aromatic carbocycles. The van der Waals surface area contributed by atoms with Crippen molar-refractivity contribution in [2.24, 2.45) is 0 Å². The van der Waals surface area contributed by atoms with Gasteiger partial charge in [-0.15, -0.1) is 0 Å². The van der Waals surface area contributed by atoms with Crippen molar-refractivity contribution in [1.29, 1.82) is 0 Å². The fraction of sp³-hybridized carbons (Fsp3) is 0.556. The van der Waals surface area contributed by atoms with Crippen LogP contribution in [0.3, 0.4) is 0 Å². The summed E-state index contributed by atoms with van der Waals surface area (Å²) in [7, 11) is 0. The first kappa shape index (κ1) is 9.05. The van der Waals surface area contributed by atoms with Crippen LogP contribution >= 0.6 is 0 Å². The predicted octanol–water partition coefficient (Wildman–Crippen LogP) is 1.36. The van der Waals surface area contributed by atoms with Gasteiger partial charge in [-0.05, 0) is 19.3 Å². The minimum absolute atomic E-state index is 0.231. The van der Waals surface area contributed by atoms with E-state index in [1.165, 1.54) is 12.6 Å². The number of hydrogen-bond acceptors (Lipinski definition) is 4. The lowest BCUT2D eigenvalue weighted by atomic mass is 10.1. The van der Waals surface area contributed by atoms with Crippen LogP contribution in [-0.4, -0.2) is 29.1 Å². The van der Waals surface area contributed by atoms with Crippen LogP contribution in [-0.2, 0) is 0 Å². The van der Waals surface area contributed by atoms with E-state index in [4.69, 9.17) is 9.52 Å². The Hall–Kier alpha value is -1.52. The number of nitrogens with zero attached hydrogens (tertiary/aromatic N) is 2. The number of rotatable bonds is 2. The third kappa shape index (κ3) is 1.71. The molecule has 1 N–H and O–H groups in total. The number of aromatic nitrogens is 1. The zero-order chi connectivity index (χ0) is 9.97. The topological polar surface area (TPSA) is 66.6 Å². The second kappa shape index (κ2) is 3.69. The van der Waals surface area contributed by atoms with Gasteiger partial charge in [-0.3, -0.25) is 0 Å². The summed E-state index contributed by atoms with van der Waals surface area (Å²) in [6.45, 7) is 1.85. The summed E-state index contributed by atoms with van der Waals surface area (Å²) < 4.78 is 5.10. The largest absolute Gasteiger partial charge is 0.474 e. The summed E-state index contributed by atoms with van der Waals surface area (Å²) in [5.74, 6) is -0.777. The van der Waals surface area contributed by atoms with Gasteiger partial charge >= 0.3 is 11.9 Å². The monoisotopic (exact) mass is 196 g/mol. The normalized spacial score (nSPS) is 17.0. The fourth-order valence-corrected chi connectivity index (χ4v) is 1.62. The first-order chi connectivity index (χ1) is 6.77. The van der Waals surface area contributed by atoms with Crippen LogP contribution in [0, 0.1) is 0 Å². The molecule has 5 nitrogen and oxygen atoms in total. The molecule has 1 aliphatic rings. The third-order valence-electron chi connectivity index (χ3n) is 2.34. The molecular weight excluding hydrogens is 184 g/mol. The minimum atomic E-state index is -1.12. The molecule has 14 heavy (non-hydrogen) atoms. The summed E-state index contributed by atoms with van der Waals surface area (Å²) in [5.41, 5.74) is 0. The zero-order valence-electron chi connectivity index (χ0n) is 7.77. The van der Waals surface area contributed by atoms with Crippen LogP contribution < -0.4 is 4.90 Å². The molecule has 1 aromatic heterocycles. The summed E-state index contributed by atoms with van der Waals surface area (Å²) in [6.07, 6.45) is 4.97. The smallest absolute Gasteiger partial charge is 0.392 e. The Bertz CT molecular complexity index is 329.